The number of aliphatic hydroxyl groups excluding tert-OH is 1. The molecule has 0 saturated carbocycles. The maximum absolute atomic E-state index is 12.0. The fraction of sp³-hybridized carbons (Fsp3) is 0.364. The number of benzene rings is 1. The first-order chi connectivity index (χ1) is 7.56. The molecule has 1 heterocycles. The fourth-order valence-corrected chi connectivity index (χ4v) is 2.65. The van der Waals surface area contributed by atoms with Gasteiger partial charge in [0.15, 0.2) is 0 Å². The summed E-state index contributed by atoms with van der Waals surface area (Å²) < 4.78 is 0.781. The van der Waals surface area contributed by atoms with Crippen LogP contribution in [-0.2, 0) is 0 Å². The van der Waals surface area contributed by atoms with E-state index in [0.717, 1.165) is 4.47 Å². The maximum atomic E-state index is 12.0. The Balaban J connectivity index is 2.20. The van der Waals surface area contributed by atoms with Gasteiger partial charge in [-0.1, -0.05) is 27.5 Å². The Morgan fingerprint density at radius 1 is 1.50 bits per heavy atom. The van der Waals surface area contributed by atoms with Crippen LogP contribution >= 0.6 is 27.5 Å². The molecule has 0 radical (unpaired) electrons. The molecule has 0 aliphatic carbocycles. The van der Waals surface area contributed by atoms with Crippen LogP contribution < -0.4 is 0 Å². The minimum absolute atomic E-state index is 0.0836. The predicted octanol–water partition coefficient (Wildman–Crippen LogP) is 2.31. The molecule has 1 aromatic rings. The molecule has 1 aliphatic heterocycles. The van der Waals surface area contributed by atoms with Crippen molar-refractivity contribution in [3.8, 4) is 0 Å². The number of amides is 1. The Kier molecular flexibility index (Phi) is 3.52. The van der Waals surface area contributed by atoms with Crippen molar-refractivity contribution in [1.82, 2.24) is 4.90 Å². The van der Waals surface area contributed by atoms with Gasteiger partial charge < -0.3 is 10.0 Å². The highest BCUT2D eigenvalue weighted by atomic mass is 79.9. The molecule has 1 fully saturated rings. The van der Waals surface area contributed by atoms with E-state index in [4.69, 9.17) is 11.6 Å². The topological polar surface area (TPSA) is 40.5 Å². The van der Waals surface area contributed by atoms with E-state index in [1.165, 1.54) is 0 Å². The highest BCUT2D eigenvalue weighted by molar-refractivity contribution is 9.10. The van der Waals surface area contributed by atoms with E-state index >= 15 is 0 Å². The molecule has 1 aliphatic rings. The third-order valence-corrected chi connectivity index (χ3v) is 3.24. The third-order valence-electron chi connectivity index (χ3n) is 2.56. The van der Waals surface area contributed by atoms with Crippen molar-refractivity contribution in [3.63, 3.8) is 0 Å². The quantitative estimate of drug-likeness (QED) is 0.865. The van der Waals surface area contributed by atoms with Crippen LogP contribution in [0.5, 0.6) is 0 Å². The second-order valence-corrected chi connectivity index (χ2v) is 5.20. The average Bonchev–Trinajstić information content (AvgIpc) is 2.62. The minimum Gasteiger partial charge on any atom is -0.391 e. The zero-order chi connectivity index (χ0) is 11.7. The van der Waals surface area contributed by atoms with Gasteiger partial charge in [-0.25, -0.2) is 0 Å². The molecule has 1 N–H and O–H groups in total. The van der Waals surface area contributed by atoms with Crippen LogP contribution in [0.2, 0.25) is 5.02 Å². The number of likely N-dealkylation sites (tertiary alicyclic amines) is 1. The third kappa shape index (κ3) is 2.56. The molecule has 86 valence electrons. The van der Waals surface area contributed by atoms with Gasteiger partial charge >= 0.3 is 0 Å². The number of carbonyl (C=O) groups excluding carboxylic acids is 1. The Morgan fingerprint density at radius 2 is 2.25 bits per heavy atom. The minimum atomic E-state index is -0.397. The van der Waals surface area contributed by atoms with E-state index in [2.05, 4.69) is 15.9 Å². The summed E-state index contributed by atoms with van der Waals surface area (Å²) in [6.45, 7) is 1.01. The number of halogens is 2. The van der Waals surface area contributed by atoms with Gasteiger partial charge in [-0.15, -0.1) is 0 Å². The van der Waals surface area contributed by atoms with Gasteiger partial charge in [0.1, 0.15) is 0 Å². The first-order valence-corrected chi connectivity index (χ1v) is 6.17. The molecular formula is C11H11BrClNO2. The summed E-state index contributed by atoms with van der Waals surface area (Å²) in [5, 5.41) is 9.90. The van der Waals surface area contributed by atoms with Gasteiger partial charge in [0, 0.05) is 28.1 Å². The maximum Gasteiger partial charge on any atom is 0.254 e. The molecule has 3 nitrogen and oxygen atoms in total. The molecule has 1 aromatic carbocycles. The number of β-amino-alcohol motifs (C(OH)–C–C–N with tert-alkyl or cyclic N) is 1. The summed E-state index contributed by atoms with van der Waals surface area (Å²) in [6.07, 6.45) is 0.250. The van der Waals surface area contributed by atoms with Crippen LogP contribution in [0.3, 0.4) is 0 Å². The van der Waals surface area contributed by atoms with Gasteiger partial charge in [0.05, 0.1) is 6.10 Å². The van der Waals surface area contributed by atoms with Crippen molar-refractivity contribution >= 4 is 33.4 Å². The SMILES string of the molecule is O=C(c1cc(Cl)cc(Br)c1)N1CCC(O)C1. The molecule has 1 saturated heterocycles. The number of carbonyl (C=O) groups is 1. The number of nitrogens with zero attached hydrogens (tertiary/aromatic N) is 1. The van der Waals surface area contributed by atoms with Crippen LogP contribution in [0.15, 0.2) is 22.7 Å². The zero-order valence-electron chi connectivity index (χ0n) is 8.49. The van der Waals surface area contributed by atoms with E-state index < -0.39 is 6.10 Å². The van der Waals surface area contributed by atoms with E-state index in [-0.39, 0.29) is 5.91 Å². The summed E-state index contributed by atoms with van der Waals surface area (Å²) in [5.41, 5.74) is 0.550. The Hall–Kier alpha value is -0.580. The second kappa shape index (κ2) is 4.73. The molecule has 0 bridgehead atoms. The molecule has 1 amide bonds. The van der Waals surface area contributed by atoms with E-state index in [1.807, 2.05) is 0 Å². The lowest BCUT2D eigenvalue weighted by Crippen LogP contribution is -2.29. The number of hydrogen-bond acceptors (Lipinski definition) is 2. The summed E-state index contributed by atoms with van der Waals surface area (Å²) >= 11 is 9.18. The second-order valence-electron chi connectivity index (χ2n) is 3.85. The van der Waals surface area contributed by atoms with E-state index in [0.29, 0.717) is 30.1 Å². The Bertz CT molecular complexity index is 404. The summed E-state index contributed by atoms with van der Waals surface area (Å²) in [7, 11) is 0. The highest BCUT2D eigenvalue weighted by Crippen LogP contribution is 2.22. The van der Waals surface area contributed by atoms with Crippen LogP contribution in [-0.4, -0.2) is 35.1 Å². The van der Waals surface area contributed by atoms with Gasteiger partial charge in [0.2, 0.25) is 0 Å². The Morgan fingerprint density at radius 3 is 2.81 bits per heavy atom. The molecule has 1 atom stereocenters. The predicted molar refractivity (Wildman–Crippen MR) is 65.7 cm³/mol. The molecule has 2 rings (SSSR count). The van der Waals surface area contributed by atoms with Crippen molar-refractivity contribution in [3.05, 3.63) is 33.3 Å². The highest BCUT2D eigenvalue weighted by Gasteiger charge is 2.25. The standard InChI is InChI=1S/C11H11BrClNO2/c12-8-3-7(4-9(13)5-8)11(16)14-2-1-10(15)6-14/h3-5,10,15H,1-2,6H2. The van der Waals surface area contributed by atoms with Crippen molar-refractivity contribution in [2.24, 2.45) is 0 Å². The molecule has 0 aromatic heterocycles. The number of aliphatic hydroxyl groups is 1. The van der Waals surface area contributed by atoms with Crippen molar-refractivity contribution in [2.75, 3.05) is 13.1 Å². The van der Waals surface area contributed by atoms with Gasteiger partial charge in [0.25, 0.3) is 5.91 Å². The van der Waals surface area contributed by atoms with Gasteiger partial charge in [-0.2, -0.15) is 0 Å². The molecule has 1 unspecified atom stereocenters. The molecule has 16 heavy (non-hydrogen) atoms. The Labute approximate surface area is 107 Å². The molecule has 5 heteroatoms. The monoisotopic (exact) mass is 303 g/mol. The van der Waals surface area contributed by atoms with E-state index in [9.17, 15) is 9.90 Å². The van der Waals surface area contributed by atoms with Crippen molar-refractivity contribution in [2.45, 2.75) is 12.5 Å². The lowest BCUT2D eigenvalue weighted by Gasteiger charge is -2.15. The largest absolute Gasteiger partial charge is 0.391 e. The summed E-state index contributed by atoms with van der Waals surface area (Å²) in [6, 6.07) is 5.11. The summed E-state index contributed by atoms with van der Waals surface area (Å²) in [5.74, 6) is -0.0836. The molecule has 0 spiro atoms. The fourth-order valence-electron chi connectivity index (χ4n) is 1.79. The molecular weight excluding hydrogens is 293 g/mol. The lowest BCUT2D eigenvalue weighted by atomic mass is 10.2. The average molecular weight is 305 g/mol. The first-order valence-electron chi connectivity index (χ1n) is 4.99. The van der Waals surface area contributed by atoms with Crippen LogP contribution in [0, 0.1) is 0 Å². The van der Waals surface area contributed by atoms with Gasteiger partial charge in [-0.05, 0) is 24.6 Å². The number of hydrogen-bond donors (Lipinski definition) is 1. The van der Waals surface area contributed by atoms with Crippen LogP contribution in [0.4, 0.5) is 0 Å². The van der Waals surface area contributed by atoms with Crippen LogP contribution in [0.1, 0.15) is 16.8 Å². The van der Waals surface area contributed by atoms with Crippen molar-refractivity contribution in [1.29, 1.82) is 0 Å². The van der Waals surface area contributed by atoms with Crippen molar-refractivity contribution < 1.29 is 9.90 Å². The van der Waals surface area contributed by atoms with Crippen LogP contribution in [0.25, 0.3) is 0 Å². The van der Waals surface area contributed by atoms with Gasteiger partial charge in [-0.3, -0.25) is 4.79 Å². The number of rotatable bonds is 1. The summed E-state index contributed by atoms with van der Waals surface area (Å²) in [4.78, 5) is 13.7. The smallest absolute Gasteiger partial charge is 0.254 e. The lowest BCUT2D eigenvalue weighted by molar-refractivity contribution is 0.0765. The zero-order valence-corrected chi connectivity index (χ0v) is 10.8. The normalized spacial score (nSPS) is 20.2. The van der Waals surface area contributed by atoms with E-state index in [1.54, 1.807) is 23.1 Å². The first kappa shape index (κ1) is 11.9.